The number of likely N-dealkylation sites (N-methyl/N-ethyl adjacent to an activating group) is 1. The zero-order valence-corrected chi connectivity index (χ0v) is 23.2. The lowest BCUT2D eigenvalue weighted by molar-refractivity contribution is -0.141. The molecule has 11 heteroatoms. The Hall–Kier alpha value is -1.84. The molecule has 7 nitrogen and oxygen atoms in total. The summed E-state index contributed by atoms with van der Waals surface area (Å²) in [5, 5.41) is 3.99. The van der Waals surface area contributed by atoms with E-state index in [1.807, 2.05) is 13.8 Å². The van der Waals surface area contributed by atoms with Crippen molar-refractivity contribution in [2.75, 3.05) is 13.6 Å². The van der Waals surface area contributed by atoms with Crippen LogP contribution in [0, 0.1) is 0 Å². The van der Waals surface area contributed by atoms with Crippen molar-refractivity contribution in [2.24, 2.45) is 0 Å². The van der Waals surface area contributed by atoms with Gasteiger partial charge in [0.1, 0.15) is 6.04 Å². The van der Waals surface area contributed by atoms with Crippen LogP contribution in [0.4, 0.5) is 0 Å². The molecule has 0 fully saturated rings. The lowest BCUT2D eigenvalue weighted by Crippen LogP contribution is -2.53. The summed E-state index contributed by atoms with van der Waals surface area (Å²) in [5.41, 5.74) is 0.658. The predicted molar refractivity (Wildman–Crippen MR) is 140 cm³/mol. The van der Waals surface area contributed by atoms with Crippen LogP contribution in [0.25, 0.3) is 0 Å². The highest BCUT2D eigenvalue weighted by Gasteiger charge is 2.32. The summed E-state index contributed by atoms with van der Waals surface area (Å²) in [6.45, 7) is 5.21. The molecule has 1 N–H and O–H groups in total. The molecule has 192 valence electrons. The fraction of sp³-hybridized carbons (Fsp3) is 0.417. The second-order valence-electron chi connectivity index (χ2n) is 8.23. The fourth-order valence-corrected chi connectivity index (χ4v) is 4.92. The van der Waals surface area contributed by atoms with Crippen LogP contribution in [0.5, 0.6) is 0 Å². The first kappa shape index (κ1) is 29.4. The van der Waals surface area contributed by atoms with Gasteiger partial charge in [0.05, 0.1) is 21.5 Å². The van der Waals surface area contributed by atoms with Crippen molar-refractivity contribution in [2.45, 2.75) is 57.1 Å². The van der Waals surface area contributed by atoms with Crippen LogP contribution in [0.1, 0.15) is 39.2 Å². The highest BCUT2D eigenvalue weighted by atomic mass is 35.5. The zero-order chi connectivity index (χ0) is 26.3. The largest absolute Gasteiger partial charge is 0.352 e. The molecular weight excluding hydrogens is 533 g/mol. The standard InChI is InChI=1S/C24H30Cl3N3O4S/c1-5-16(3)28-24(32)22(6-2)30(14-17-7-12-20(26)21(27)13-17)23(31)15-29(4)35(33,34)19-10-8-18(25)9-11-19/h7-13,16,22H,5-6,14-15H2,1-4H3,(H,28,32)/t16-,22-/m0/s1. The number of halogens is 3. The number of nitrogens with zero attached hydrogens (tertiary/aromatic N) is 2. The lowest BCUT2D eigenvalue weighted by atomic mass is 10.1. The van der Waals surface area contributed by atoms with Gasteiger partial charge >= 0.3 is 0 Å². The van der Waals surface area contributed by atoms with Gasteiger partial charge in [-0.2, -0.15) is 4.31 Å². The maximum atomic E-state index is 13.5. The summed E-state index contributed by atoms with van der Waals surface area (Å²) in [7, 11) is -2.64. The van der Waals surface area contributed by atoms with Gasteiger partial charge in [-0.05, 0) is 61.7 Å². The molecule has 35 heavy (non-hydrogen) atoms. The number of carbonyl (C=O) groups is 2. The summed E-state index contributed by atoms with van der Waals surface area (Å²) in [6.07, 6.45) is 1.06. The van der Waals surface area contributed by atoms with E-state index in [9.17, 15) is 18.0 Å². The summed E-state index contributed by atoms with van der Waals surface area (Å²) in [4.78, 5) is 27.9. The summed E-state index contributed by atoms with van der Waals surface area (Å²) in [5.74, 6) is -0.833. The van der Waals surface area contributed by atoms with Crippen molar-refractivity contribution in [3.8, 4) is 0 Å². The number of hydrogen-bond donors (Lipinski definition) is 1. The second kappa shape index (κ2) is 12.9. The lowest BCUT2D eigenvalue weighted by Gasteiger charge is -2.32. The van der Waals surface area contributed by atoms with Crippen molar-refractivity contribution in [3.05, 3.63) is 63.1 Å². The van der Waals surface area contributed by atoms with E-state index in [0.29, 0.717) is 27.1 Å². The van der Waals surface area contributed by atoms with E-state index in [1.54, 1.807) is 25.1 Å². The van der Waals surface area contributed by atoms with Crippen LogP contribution < -0.4 is 5.32 Å². The Labute approximate surface area is 222 Å². The molecule has 0 saturated carbocycles. The average molecular weight is 563 g/mol. The van der Waals surface area contributed by atoms with E-state index in [4.69, 9.17) is 34.8 Å². The average Bonchev–Trinajstić information content (AvgIpc) is 2.81. The molecule has 0 aliphatic heterocycles. The normalized spacial score (nSPS) is 13.4. The van der Waals surface area contributed by atoms with Gasteiger partial charge in [-0.25, -0.2) is 8.42 Å². The van der Waals surface area contributed by atoms with Gasteiger partial charge in [-0.15, -0.1) is 0 Å². The molecule has 2 amide bonds. The molecule has 0 radical (unpaired) electrons. The van der Waals surface area contributed by atoms with Crippen LogP contribution in [0.2, 0.25) is 15.1 Å². The van der Waals surface area contributed by atoms with Gasteiger partial charge < -0.3 is 10.2 Å². The first-order valence-electron chi connectivity index (χ1n) is 11.2. The van der Waals surface area contributed by atoms with Gasteiger partial charge in [0.15, 0.2) is 0 Å². The van der Waals surface area contributed by atoms with Gasteiger partial charge in [0.2, 0.25) is 21.8 Å². The number of nitrogens with one attached hydrogen (secondary N) is 1. The monoisotopic (exact) mass is 561 g/mol. The van der Waals surface area contributed by atoms with Crippen molar-refractivity contribution < 1.29 is 18.0 Å². The van der Waals surface area contributed by atoms with Crippen LogP contribution >= 0.6 is 34.8 Å². The Morgan fingerprint density at radius 1 is 0.971 bits per heavy atom. The molecule has 0 unspecified atom stereocenters. The minimum absolute atomic E-state index is 0.00906. The van der Waals surface area contributed by atoms with Crippen molar-refractivity contribution >= 4 is 56.6 Å². The SMILES string of the molecule is CC[C@H](C)NC(=O)[C@H](CC)N(Cc1ccc(Cl)c(Cl)c1)C(=O)CN(C)S(=O)(=O)c1ccc(Cl)cc1. The quantitative estimate of drug-likeness (QED) is 0.418. The van der Waals surface area contributed by atoms with Gasteiger partial charge in [-0.1, -0.05) is 54.7 Å². The zero-order valence-electron chi connectivity index (χ0n) is 20.1. The van der Waals surface area contributed by atoms with E-state index in [-0.39, 0.29) is 23.4 Å². The smallest absolute Gasteiger partial charge is 0.243 e. The van der Waals surface area contributed by atoms with E-state index in [1.165, 1.54) is 36.2 Å². The summed E-state index contributed by atoms with van der Waals surface area (Å²) < 4.78 is 27.0. The minimum Gasteiger partial charge on any atom is -0.352 e. The van der Waals surface area contributed by atoms with Crippen LogP contribution in [0.15, 0.2) is 47.4 Å². The van der Waals surface area contributed by atoms with Crippen LogP contribution in [0.3, 0.4) is 0 Å². The molecular formula is C24H30Cl3N3O4S. The molecule has 2 aromatic rings. The van der Waals surface area contributed by atoms with E-state index >= 15 is 0 Å². The highest BCUT2D eigenvalue weighted by molar-refractivity contribution is 7.89. The Bertz CT molecular complexity index is 1140. The maximum Gasteiger partial charge on any atom is 0.243 e. The van der Waals surface area contributed by atoms with Crippen LogP contribution in [-0.2, 0) is 26.2 Å². The Morgan fingerprint density at radius 2 is 1.60 bits per heavy atom. The molecule has 0 aliphatic carbocycles. The Balaban J connectivity index is 2.35. The minimum atomic E-state index is -3.96. The molecule has 2 rings (SSSR count). The van der Waals surface area contributed by atoms with E-state index in [0.717, 1.165) is 10.7 Å². The number of carbonyl (C=O) groups excluding carboxylic acids is 2. The molecule has 0 aromatic heterocycles. The molecule has 0 heterocycles. The topological polar surface area (TPSA) is 86.8 Å². The number of benzene rings is 2. The van der Waals surface area contributed by atoms with E-state index in [2.05, 4.69) is 5.32 Å². The first-order valence-corrected chi connectivity index (χ1v) is 13.7. The first-order chi connectivity index (χ1) is 16.4. The maximum absolute atomic E-state index is 13.5. The third kappa shape index (κ3) is 7.82. The number of hydrogen-bond acceptors (Lipinski definition) is 4. The molecule has 0 spiro atoms. The summed E-state index contributed by atoms with van der Waals surface area (Å²) in [6, 6.07) is 9.74. The third-order valence-electron chi connectivity index (χ3n) is 5.60. The van der Waals surface area contributed by atoms with Crippen molar-refractivity contribution in [3.63, 3.8) is 0 Å². The second-order valence-corrected chi connectivity index (χ2v) is 11.5. The van der Waals surface area contributed by atoms with E-state index < -0.39 is 28.5 Å². The predicted octanol–water partition coefficient (Wildman–Crippen LogP) is 4.99. The number of amides is 2. The molecule has 0 bridgehead atoms. The summed E-state index contributed by atoms with van der Waals surface area (Å²) >= 11 is 18.0. The molecule has 0 aliphatic rings. The van der Waals surface area contributed by atoms with Crippen LogP contribution in [-0.4, -0.2) is 55.1 Å². The Kier molecular flexibility index (Phi) is 10.9. The van der Waals surface area contributed by atoms with Gasteiger partial charge in [0, 0.05) is 24.7 Å². The fourth-order valence-electron chi connectivity index (χ4n) is 3.35. The number of rotatable bonds is 11. The molecule has 2 atom stereocenters. The van der Waals surface area contributed by atoms with Gasteiger partial charge in [0.25, 0.3) is 0 Å². The van der Waals surface area contributed by atoms with Gasteiger partial charge in [-0.3, -0.25) is 9.59 Å². The van der Waals surface area contributed by atoms with Crippen molar-refractivity contribution in [1.82, 2.24) is 14.5 Å². The Morgan fingerprint density at radius 3 is 2.14 bits per heavy atom. The molecule has 2 aromatic carbocycles. The highest BCUT2D eigenvalue weighted by Crippen LogP contribution is 2.24. The third-order valence-corrected chi connectivity index (χ3v) is 8.41. The number of sulfonamides is 1. The molecule has 0 saturated heterocycles. The van der Waals surface area contributed by atoms with Crippen molar-refractivity contribution in [1.29, 1.82) is 0 Å².